The van der Waals surface area contributed by atoms with Crippen molar-refractivity contribution in [3.63, 3.8) is 0 Å². The first-order chi connectivity index (χ1) is 2.50. The second-order valence-corrected chi connectivity index (χ2v) is 1.28. The molecule has 1 aliphatic heterocycles. The number of rotatable bonds is 0. The highest BCUT2D eigenvalue weighted by Crippen LogP contribution is 2.14. The average molecular weight is 91.1 g/mol. The molecule has 0 aromatic carbocycles. The van der Waals surface area contributed by atoms with E-state index in [2.05, 4.69) is 9.22 Å². The van der Waals surface area contributed by atoms with E-state index in [1.54, 1.807) is 0 Å². The van der Waals surface area contributed by atoms with E-state index in [0.717, 1.165) is 0 Å². The van der Waals surface area contributed by atoms with Crippen LogP contribution in [0.1, 0.15) is 0 Å². The molecule has 29 valence electrons. The predicted molar refractivity (Wildman–Crippen MR) is 18.9 cm³/mol. The van der Waals surface area contributed by atoms with Crippen LogP contribution in [-0.4, -0.2) is 6.61 Å². The predicted octanol–water partition coefficient (Wildman–Crippen LogP) is 0.758. The van der Waals surface area contributed by atoms with Gasteiger partial charge in [0.05, 0.1) is 12.4 Å². The Balaban J connectivity index is 2.08. The van der Waals surface area contributed by atoms with Crippen LogP contribution < -0.4 is 0 Å². The molecule has 1 radical (unpaired) electrons. The van der Waals surface area contributed by atoms with Crippen molar-refractivity contribution in [3.8, 4) is 0 Å². The van der Waals surface area contributed by atoms with Gasteiger partial charge in [-0.15, -0.1) is 0 Å². The maximum absolute atomic E-state index is 4.35. The second-order valence-electron chi connectivity index (χ2n) is 0.615. The van der Waals surface area contributed by atoms with E-state index in [4.69, 9.17) is 0 Å². The third kappa shape index (κ3) is 0.792. The molecule has 0 aromatic rings. The summed E-state index contributed by atoms with van der Waals surface area (Å²) < 4.78 is 4.31. The van der Waals surface area contributed by atoms with Crippen molar-refractivity contribution in [1.82, 2.24) is 0 Å². The molecule has 0 bridgehead atoms. The van der Waals surface area contributed by atoms with Crippen molar-refractivity contribution in [1.29, 1.82) is 0 Å². The standard InChI is InChI=1S/C2H3O2S/c1-2-5-4-3-1/h2H,1H2. The molecule has 1 aliphatic rings. The van der Waals surface area contributed by atoms with Crippen LogP contribution in [0.25, 0.3) is 0 Å². The third-order valence-corrected chi connectivity index (χ3v) is 0.738. The summed E-state index contributed by atoms with van der Waals surface area (Å²) >= 11 is 1.23. The number of hydrogen-bond acceptors (Lipinski definition) is 3. The Morgan fingerprint density at radius 2 is 2.80 bits per heavy atom. The Kier molecular flexibility index (Phi) is 1.14. The Morgan fingerprint density at radius 3 is 3.00 bits per heavy atom. The lowest BCUT2D eigenvalue weighted by Gasteiger charge is -1.74. The van der Waals surface area contributed by atoms with Crippen LogP contribution in [0.4, 0.5) is 0 Å². The molecule has 5 heavy (non-hydrogen) atoms. The molecule has 0 aliphatic carbocycles. The van der Waals surface area contributed by atoms with Crippen molar-refractivity contribution < 1.29 is 9.22 Å². The molecule has 1 saturated heterocycles. The van der Waals surface area contributed by atoms with Gasteiger partial charge in [0.25, 0.3) is 0 Å². The van der Waals surface area contributed by atoms with Crippen molar-refractivity contribution in [2.24, 2.45) is 0 Å². The molecule has 3 heteroatoms. The van der Waals surface area contributed by atoms with Crippen molar-refractivity contribution in [2.45, 2.75) is 0 Å². The zero-order chi connectivity index (χ0) is 3.54. The van der Waals surface area contributed by atoms with Gasteiger partial charge >= 0.3 is 0 Å². The maximum Gasteiger partial charge on any atom is 0.0989 e. The minimum Gasteiger partial charge on any atom is -0.223 e. The molecule has 0 amide bonds. The van der Waals surface area contributed by atoms with E-state index in [1.807, 2.05) is 5.75 Å². The van der Waals surface area contributed by atoms with Crippen LogP contribution in [0.5, 0.6) is 0 Å². The van der Waals surface area contributed by atoms with Gasteiger partial charge in [0.15, 0.2) is 0 Å². The van der Waals surface area contributed by atoms with Gasteiger partial charge in [-0.2, -0.15) is 4.33 Å². The Hall–Kier alpha value is 0.270. The van der Waals surface area contributed by atoms with Crippen LogP contribution in [0.15, 0.2) is 0 Å². The molecule has 0 aromatic heterocycles. The fourth-order valence-electron chi connectivity index (χ4n) is 0.139. The molecule has 2 nitrogen and oxygen atoms in total. The van der Waals surface area contributed by atoms with Crippen LogP contribution in [0.2, 0.25) is 0 Å². The molecule has 1 fully saturated rings. The summed E-state index contributed by atoms with van der Waals surface area (Å²) in [6.45, 7) is 0.616. The van der Waals surface area contributed by atoms with Crippen molar-refractivity contribution in [3.05, 3.63) is 5.75 Å². The summed E-state index contributed by atoms with van der Waals surface area (Å²) in [6, 6.07) is 0. The third-order valence-electron chi connectivity index (χ3n) is 0.292. The first-order valence-corrected chi connectivity index (χ1v) is 2.07. The minimum absolute atomic E-state index is 0.616. The zero-order valence-corrected chi connectivity index (χ0v) is 3.33. The summed E-state index contributed by atoms with van der Waals surface area (Å²) in [5, 5.41) is 0. The first kappa shape index (κ1) is 3.46. The topological polar surface area (TPSA) is 18.5 Å². The molecule has 0 N–H and O–H groups in total. The normalized spacial score (nSPS) is 24.0. The van der Waals surface area contributed by atoms with Gasteiger partial charge in [0.2, 0.25) is 0 Å². The fourth-order valence-corrected chi connectivity index (χ4v) is 0.417. The van der Waals surface area contributed by atoms with Gasteiger partial charge in [0.1, 0.15) is 0 Å². The smallest absolute Gasteiger partial charge is 0.0989 e. The van der Waals surface area contributed by atoms with Gasteiger partial charge in [-0.05, 0) is 0 Å². The lowest BCUT2D eigenvalue weighted by atomic mass is 10.9. The van der Waals surface area contributed by atoms with Gasteiger partial charge in [-0.3, -0.25) is 0 Å². The number of hydrogen-bond donors (Lipinski definition) is 0. The second kappa shape index (κ2) is 1.64. The van der Waals surface area contributed by atoms with E-state index in [0.29, 0.717) is 6.61 Å². The lowest BCUT2D eigenvalue weighted by molar-refractivity contribution is -0.166. The Labute approximate surface area is 34.6 Å². The van der Waals surface area contributed by atoms with E-state index in [9.17, 15) is 0 Å². The Bertz CT molecular complexity index is 19.2. The van der Waals surface area contributed by atoms with E-state index < -0.39 is 0 Å². The molecule has 0 atom stereocenters. The van der Waals surface area contributed by atoms with Gasteiger partial charge in [-0.1, -0.05) is 0 Å². The highest BCUT2D eigenvalue weighted by molar-refractivity contribution is 7.96. The summed E-state index contributed by atoms with van der Waals surface area (Å²) in [5.74, 6) is 1.83. The van der Waals surface area contributed by atoms with Crippen molar-refractivity contribution >= 4 is 12.0 Å². The SMILES string of the molecule is [CH]1COOS1. The monoisotopic (exact) mass is 91.0 g/mol. The summed E-state index contributed by atoms with van der Waals surface area (Å²) in [7, 11) is 0. The molecule has 0 spiro atoms. The molecular weight excluding hydrogens is 88.1 g/mol. The van der Waals surface area contributed by atoms with Crippen molar-refractivity contribution in [2.75, 3.05) is 6.61 Å². The highest BCUT2D eigenvalue weighted by Gasteiger charge is 1.98. The van der Waals surface area contributed by atoms with Gasteiger partial charge in [0, 0.05) is 12.0 Å². The fraction of sp³-hybridized carbons (Fsp3) is 0.500. The summed E-state index contributed by atoms with van der Waals surface area (Å²) in [4.78, 5) is 4.35. The zero-order valence-electron chi connectivity index (χ0n) is 2.51. The minimum atomic E-state index is 0.616. The molecule has 0 saturated carbocycles. The quantitative estimate of drug-likeness (QED) is 0.324. The van der Waals surface area contributed by atoms with Crippen LogP contribution in [-0.2, 0) is 9.22 Å². The lowest BCUT2D eigenvalue weighted by Crippen LogP contribution is -1.72. The first-order valence-electron chi connectivity index (χ1n) is 1.27. The van der Waals surface area contributed by atoms with E-state index in [1.165, 1.54) is 12.0 Å². The summed E-state index contributed by atoms with van der Waals surface area (Å²) in [5.41, 5.74) is 0. The van der Waals surface area contributed by atoms with Gasteiger partial charge < -0.3 is 0 Å². The molecule has 1 heterocycles. The molecule has 1 rings (SSSR count). The Morgan fingerprint density at radius 1 is 1.80 bits per heavy atom. The molecular formula is C2H3O2S. The van der Waals surface area contributed by atoms with E-state index >= 15 is 0 Å². The van der Waals surface area contributed by atoms with E-state index in [-0.39, 0.29) is 0 Å². The highest BCUT2D eigenvalue weighted by atomic mass is 32.2. The largest absolute Gasteiger partial charge is 0.223 e. The van der Waals surface area contributed by atoms with Crippen LogP contribution >= 0.6 is 12.0 Å². The van der Waals surface area contributed by atoms with Gasteiger partial charge in [-0.25, -0.2) is 4.89 Å². The van der Waals surface area contributed by atoms with Crippen LogP contribution in [0, 0.1) is 5.75 Å². The average Bonchev–Trinajstić information content (AvgIpc) is 1.76. The summed E-state index contributed by atoms with van der Waals surface area (Å²) in [6.07, 6.45) is 0. The van der Waals surface area contributed by atoms with Crippen LogP contribution in [0.3, 0.4) is 0 Å². The maximum atomic E-state index is 4.35. The molecule has 0 unspecified atom stereocenters.